The minimum Gasteiger partial charge on any atom is -0.359 e. The molecule has 0 radical (unpaired) electrons. The van der Waals surface area contributed by atoms with Gasteiger partial charge in [-0.25, -0.2) is 8.78 Å². The highest BCUT2D eigenvalue weighted by Gasteiger charge is 2.29. The van der Waals surface area contributed by atoms with Gasteiger partial charge in [0, 0.05) is 22.6 Å². The number of halogens is 2. The Balaban J connectivity index is 1.97. The number of anilines is 1. The monoisotopic (exact) mass is 350 g/mol. The second kappa shape index (κ2) is 5.95. The molecular weight excluding hydrogens is 334 g/mol. The maximum Gasteiger partial charge on any atom is 0.256 e. The van der Waals surface area contributed by atoms with Crippen molar-refractivity contribution in [1.29, 1.82) is 0 Å². The summed E-state index contributed by atoms with van der Waals surface area (Å²) >= 11 is 0. The Hall–Kier alpha value is -3.21. The maximum absolute atomic E-state index is 14.4. The lowest BCUT2D eigenvalue weighted by atomic mass is 9.93. The van der Waals surface area contributed by atoms with Crippen LogP contribution in [0.2, 0.25) is 0 Å². The van der Waals surface area contributed by atoms with Crippen LogP contribution in [-0.2, 0) is 4.79 Å². The first-order chi connectivity index (χ1) is 12.5. The Kier molecular flexibility index (Phi) is 3.72. The van der Waals surface area contributed by atoms with Gasteiger partial charge < -0.3 is 10.3 Å². The van der Waals surface area contributed by atoms with Crippen LogP contribution < -0.4 is 5.32 Å². The molecule has 2 heterocycles. The summed E-state index contributed by atoms with van der Waals surface area (Å²) in [6, 6.07) is 10.7. The van der Waals surface area contributed by atoms with Crippen molar-refractivity contribution in [1.82, 2.24) is 4.98 Å². The molecular formula is C21H16F2N2O. The van der Waals surface area contributed by atoms with E-state index in [4.69, 9.17) is 0 Å². The quantitative estimate of drug-likeness (QED) is 0.623. The summed E-state index contributed by atoms with van der Waals surface area (Å²) in [6.45, 7) is 3.87. The number of H-pyrrole nitrogens is 1. The van der Waals surface area contributed by atoms with Gasteiger partial charge in [0.2, 0.25) is 0 Å². The predicted octanol–water partition coefficient (Wildman–Crippen LogP) is 5.07. The molecule has 1 aliphatic heterocycles. The van der Waals surface area contributed by atoms with Crippen LogP contribution in [0.4, 0.5) is 14.5 Å². The fraction of sp³-hybridized carbons (Fsp3) is 0.0952. The van der Waals surface area contributed by atoms with E-state index >= 15 is 0 Å². The molecule has 26 heavy (non-hydrogen) atoms. The number of benzene rings is 2. The lowest BCUT2D eigenvalue weighted by Crippen LogP contribution is -2.03. The Morgan fingerprint density at radius 2 is 1.65 bits per heavy atom. The molecule has 3 aromatic rings. The lowest BCUT2D eigenvalue weighted by molar-refractivity contribution is -0.110. The molecule has 130 valence electrons. The van der Waals surface area contributed by atoms with Crippen molar-refractivity contribution in [2.24, 2.45) is 0 Å². The van der Waals surface area contributed by atoms with E-state index in [1.54, 1.807) is 24.3 Å². The number of rotatable bonds is 2. The smallest absolute Gasteiger partial charge is 0.256 e. The van der Waals surface area contributed by atoms with Gasteiger partial charge in [-0.3, -0.25) is 4.79 Å². The Morgan fingerprint density at radius 1 is 0.962 bits per heavy atom. The third-order valence-electron chi connectivity index (χ3n) is 4.54. The first kappa shape index (κ1) is 16.3. The highest BCUT2D eigenvalue weighted by Crippen LogP contribution is 2.41. The standard InChI is InChI=1S/C21H16F2N2O/c1-11-9-12(2)24-18(11)10-14-19-13(5-3-8-17(19)25-21(14)26)20-15(22)6-4-7-16(20)23/h3-10,24H,1-2H3,(H,25,26). The molecule has 0 bridgehead atoms. The minimum absolute atomic E-state index is 0.133. The molecule has 1 amide bonds. The van der Waals surface area contributed by atoms with E-state index in [-0.39, 0.29) is 11.5 Å². The van der Waals surface area contributed by atoms with Gasteiger partial charge in [0.05, 0.1) is 11.1 Å². The SMILES string of the molecule is Cc1cc(C)c(C=C2C(=O)Nc3cccc(-c4c(F)cccc4F)c32)[nH]1. The highest BCUT2D eigenvalue weighted by atomic mass is 19.1. The number of nitrogens with one attached hydrogen (secondary N) is 2. The van der Waals surface area contributed by atoms with Gasteiger partial charge >= 0.3 is 0 Å². The van der Waals surface area contributed by atoms with Crippen LogP contribution in [0, 0.1) is 25.5 Å². The maximum atomic E-state index is 14.4. The zero-order valence-electron chi connectivity index (χ0n) is 14.3. The largest absolute Gasteiger partial charge is 0.359 e. The van der Waals surface area contributed by atoms with Gasteiger partial charge in [-0.1, -0.05) is 18.2 Å². The van der Waals surface area contributed by atoms with Crippen molar-refractivity contribution in [3.05, 3.63) is 76.6 Å². The van der Waals surface area contributed by atoms with Gasteiger partial charge in [0.1, 0.15) is 11.6 Å². The van der Waals surface area contributed by atoms with E-state index in [1.165, 1.54) is 18.2 Å². The number of hydrogen-bond acceptors (Lipinski definition) is 1. The first-order valence-electron chi connectivity index (χ1n) is 8.22. The van der Waals surface area contributed by atoms with Gasteiger partial charge in [0.15, 0.2) is 0 Å². The second-order valence-electron chi connectivity index (χ2n) is 6.39. The lowest BCUT2D eigenvalue weighted by Gasteiger charge is -2.10. The summed E-state index contributed by atoms with van der Waals surface area (Å²) in [5.41, 5.74) is 4.41. The summed E-state index contributed by atoms with van der Waals surface area (Å²) in [5, 5.41) is 2.78. The van der Waals surface area contributed by atoms with E-state index in [0.29, 0.717) is 22.4 Å². The number of aryl methyl sites for hydroxylation is 2. The van der Waals surface area contributed by atoms with Crippen LogP contribution >= 0.6 is 0 Å². The summed E-state index contributed by atoms with van der Waals surface area (Å²) in [6.07, 6.45) is 1.73. The van der Waals surface area contributed by atoms with Gasteiger partial charge in [-0.15, -0.1) is 0 Å². The van der Waals surface area contributed by atoms with Crippen molar-refractivity contribution in [3.63, 3.8) is 0 Å². The van der Waals surface area contributed by atoms with E-state index in [0.717, 1.165) is 17.0 Å². The number of fused-ring (bicyclic) bond motifs is 1. The molecule has 0 unspecified atom stereocenters. The predicted molar refractivity (Wildman–Crippen MR) is 98.6 cm³/mol. The van der Waals surface area contributed by atoms with Gasteiger partial charge in [-0.2, -0.15) is 0 Å². The topological polar surface area (TPSA) is 44.9 Å². The molecule has 0 aliphatic carbocycles. The summed E-state index contributed by atoms with van der Waals surface area (Å²) < 4.78 is 28.7. The van der Waals surface area contributed by atoms with E-state index < -0.39 is 11.6 Å². The van der Waals surface area contributed by atoms with Crippen LogP contribution in [0.25, 0.3) is 22.8 Å². The number of carbonyl (C=O) groups is 1. The molecule has 1 aliphatic rings. The Bertz CT molecular complexity index is 1060. The third-order valence-corrected chi connectivity index (χ3v) is 4.54. The molecule has 4 rings (SSSR count). The Labute approximate surface area is 149 Å². The van der Waals surface area contributed by atoms with Crippen LogP contribution in [0.5, 0.6) is 0 Å². The van der Waals surface area contributed by atoms with Gasteiger partial charge in [0.25, 0.3) is 5.91 Å². The zero-order valence-corrected chi connectivity index (χ0v) is 14.3. The molecule has 2 N–H and O–H groups in total. The normalized spacial score (nSPS) is 14.6. The number of amides is 1. The molecule has 1 aromatic heterocycles. The van der Waals surface area contributed by atoms with E-state index in [1.807, 2.05) is 19.9 Å². The fourth-order valence-corrected chi connectivity index (χ4v) is 3.39. The number of hydrogen-bond donors (Lipinski definition) is 2. The summed E-state index contributed by atoms with van der Waals surface area (Å²) in [5.74, 6) is -1.62. The number of aromatic nitrogens is 1. The average Bonchev–Trinajstić information content (AvgIpc) is 3.07. The average molecular weight is 350 g/mol. The second-order valence-corrected chi connectivity index (χ2v) is 6.39. The molecule has 3 nitrogen and oxygen atoms in total. The fourth-order valence-electron chi connectivity index (χ4n) is 3.39. The van der Waals surface area contributed by atoms with Crippen molar-refractivity contribution >= 4 is 23.2 Å². The van der Waals surface area contributed by atoms with E-state index in [2.05, 4.69) is 10.3 Å². The van der Waals surface area contributed by atoms with Crippen LogP contribution in [0.3, 0.4) is 0 Å². The summed E-state index contributed by atoms with van der Waals surface area (Å²) in [7, 11) is 0. The Morgan fingerprint density at radius 3 is 2.31 bits per heavy atom. The van der Waals surface area contributed by atoms with Crippen molar-refractivity contribution in [2.75, 3.05) is 5.32 Å². The third kappa shape index (κ3) is 2.52. The van der Waals surface area contributed by atoms with Crippen LogP contribution in [0.15, 0.2) is 42.5 Å². The molecule has 0 fully saturated rings. The van der Waals surface area contributed by atoms with Crippen molar-refractivity contribution in [2.45, 2.75) is 13.8 Å². The molecule has 2 aromatic carbocycles. The molecule has 5 heteroatoms. The first-order valence-corrected chi connectivity index (χ1v) is 8.22. The minimum atomic E-state index is -0.663. The molecule has 0 saturated heterocycles. The van der Waals surface area contributed by atoms with Crippen molar-refractivity contribution < 1.29 is 13.6 Å². The molecule has 0 atom stereocenters. The van der Waals surface area contributed by atoms with E-state index in [9.17, 15) is 13.6 Å². The zero-order chi connectivity index (χ0) is 18.4. The van der Waals surface area contributed by atoms with Crippen LogP contribution in [-0.4, -0.2) is 10.9 Å². The number of aromatic amines is 1. The molecule has 0 spiro atoms. The van der Waals surface area contributed by atoms with Crippen molar-refractivity contribution in [3.8, 4) is 11.1 Å². The highest BCUT2D eigenvalue weighted by molar-refractivity contribution is 6.36. The van der Waals surface area contributed by atoms with Crippen LogP contribution in [0.1, 0.15) is 22.5 Å². The molecule has 0 saturated carbocycles. The van der Waals surface area contributed by atoms with Gasteiger partial charge in [-0.05, 0) is 55.3 Å². The summed E-state index contributed by atoms with van der Waals surface area (Å²) in [4.78, 5) is 15.7. The number of carbonyl (C=O) groups excluding carboxylic acids is 1.